The third kappa shape index (κ3) is 3.21. The van der Waals surface area contributed by atoms with E-state index in [0.29, 0.717) is 5.92 Å². The van der Waals surface area contributed by atoms with Gasteiger partial charge in [0, 0.05) is 25.6 Å². The van der Waals surface area contributed by atoms with E-state index in [2.05, 4.69) is 45.6 Å². The molecule has 0 aliphatic carbocycles. The molecule has 0 amide bonds. The third-order valence-electron chi connectivity index (χ3n) is 5.31. The Bertz CT molecular complexity index is 677. The first-order valence-electron chi connectivity index (χ1n) is 9.33. The van der Waals surface area contributed by atoms with E-state index >= 15 is 0 Å². The molecule has 0 radical (unpaired) electrons. The molecule has 2 aromatic rings. The zero-order valence-electron chi connectivity index (χ0n) is 14.7. The van der Waals surface area contributed by atoms with Gasteiger partial charge in [-0.2, -0.15) is 0 Å². The average Bonchev–Trinajstić information content (AvgIpc) is 3.00. The van der Waals surface area contributed by atoms with Gasteiger partial charge >= 0.3 is 0 Å². The van der Waals surface area contributed by atoms with E-state index in [1.54, 1.807) is 0 Å². The highest BCUT2D eigenvalue weighted by molar-refractivity contribution is 5.76. The molecule has 1 unspecified atom stereocenters. The minimum Gasteiger partial charge on any atom is -0.379 e. The van der Waals surface area contributed by atoms with E-state index < -0.39 is 0 Å². The highest BCUT2D eigenvalue weighted by atomic mass is 16.5. The molecule has 1 fully saturated rings. The fourth-order valence-electron chi connectivity index (χ4n) is 4.07. The van der Waals surface area contributed by atoms with Crippen molar-refractivity contribution in [2.45, 2.75) is 32.4 Å². The first-order chi connectivity index (χ1) is 11.8. The molecule has 0 saturated carbocycles. The number of hydrogen-bond donors (Lipinski definition) is 0. The number of hydrogen-bond acceptors (Lipinski definition) is 4. The monoisotopic (exact) mass is 328 g/mol. The predicted molar refractivity (Wildman–Crippen MR) is 96.2 cm³/mol. The average molecular weight is 328 g/mol. The molecule has 2 aliphatic heterocycles. The summed E-state index contributed by atoms with van der Waals surface area (Å²) < 4.78 is 7.91. The first kappa shape index (κ1) is 16.1. The molecule has 1 saturated heterocycles. The molecule has 0 N–H and O–H groups in total. The van der Waals surface area contributed by atoms with Gasteiger partial charge < -0.3 is 9.30 Å². The van der Waals surface area contributed by atoms with Crippen molar-refractivity contribution in [3.63, 3.8) is 0 Å². The molecule has 130 valence electrons. The summed E-state index contributed by atoms with van der Waals surface area (Å²) in [5, 5.41) is 0. The van der Waals surface area contributed by atoms with Crippen LogP contribution in [0.15, 0.2) is 24.3 Å². The smallest absolute Gasteiger partial charge is 0.115 e. The number of fused-ring (bicyclic) bond motifs is 3. The molecule has 4 rings (SSSR count). The maximum Gasteiger partial charge on any atom is 0.115 e. The molecule has 24 heavy (non-hydrogen) atoms. The Kier molecular flexibility index (Phi) is 4.83. The van der Waals surface area contributed by atoms with Crippen LogP contribution in [-0.2, 0) is 11.4 Å². The highest BCUT2D eigenvalue weighted by Crippen LogP contribution is 2.30. The number of aromatic nitrogens is 2. The van der Waals surface area contributed by atoms with Gasteiger partial charge in [-0.15, -0.1) is 0 Å². The fourth-order valence-corrected chi connectivity index (χ4v) is 4.07. The van der Waals surface area contributed by atoms with Crippen molar-refractivity contribution in [1.29, 1.82) is 0 Å². The van der Waals surface area contributed by atoms with Gasteiger partial charge in [0.15, 0.2) is 0 Å². The zero-order valence-corrected chi connectivity index (χ0v) is 14.7. The van der Waals surface area contributed by atoms with Crippen LogP contribution in [0.4, 0.5) is 0 Å². The van der Waals surface area contributed by atoms with Crippen LogP contribution in [0.5, 0.6) is 0 Å². The molecule has 5 nitrogen and oxygen atoms in total. The van der Waals surface area contributed by atoms with Crippen LogP contribution < -0.4 is 0 Å². The van der Waals surface area contributed by atoms with Crippen LogP contribution >= 0.6 is 0 Å². The van der Waals surface area contributed by atoms with Crippen LogP contribution in [0.3, 0.4) is 0 Å². The Morgan fingerprint density at radius 2 is 1.96 bits per heavy atom. The topological polar surface area (TPSA) is 33.5 Å². The SMILES string of the molecule is CCCN1CC(CCN2CCOCC2)c2nc3ccccc3n2C1. The number of imidazole rings is 1. The van der Waals surface area contributed by atoms with Gasteiger partial charge in [0.05, 0.1) is 30.9 Å². The molecule has 0 bridgehead atoms. The second kappa shape index (κ2) is 7.21. The number of ether oxygens (including phenoxy) is 1. The van der Waals surface area contributed by atoms with Crippen molar-refractivity contribution in [1.82, 2.24) is 19.4 Å². The van der Waals surface area contributed by atoms with Crippen molar-refractivity contribution in [2.24, 2.45) is 0 Å². The van der Waals surface area contributed by atoms with Crippen LogP contribution in [0.1, 0.15) is 31.5 Å². The van der Waals surface area contributed by atoms with E-state index in [0.717, 1.165) is 51.6 Å². The molecule has 5 heteroatoms. The lowest BCUT2D eigenvalue weighted by molar-refractivity contribution is 0.0350. The summed E-state index contributed by atoms with van der Waals surface area (Å²) in [6.45, 7) is 10.6. The van der Waals surface area contributed by atoms with E-state index in [9.17, 15) is 0 Å². The summed E-state index contributed by atoms with van der Waals surface area (Å²) in [4.78, 5) is 10.1. The quantitative estimate of drug-likeness (QED) is 0.844. The second-order valence-corrected chi connectivity index (χ2v) is 7.04. The zero-order chi connectivity index (χ0) is 16.4. The van der Waals surface area contributed by atoms with Gasteiger partial charge in [-0.25, -0.2) is 4.98 Å². The summed E-state index contributed by atoms with van der Waals surface area (Å²) in [7, 11) is 0. The summed E-state index contributed by atoms with van der Waals surface area (Å²) in [5.74, 6) is 1.82. The lowest BCUT2D eigenvalue weighted by Gasteiger charge is -2.35. The summed E-state index contributed by atoms with van der Waals surface area (Å²) >= 11 is 0. The van der Waals surface area contributed by atoms with Crippen molar-refractivity contribution < 1.29 is 4.74 Å². The van der Waals surface area contributed by atoms with E-state index in [1.165, 1.54) is 30.7 Å². The summed E-state index contributed by atoms with van der Waals surface area (Å²) in [6, 6.07) is 8.57. The van der Waals surface area contributed by atoms with Gasteiger partial charge in [0.1, 0.15) is 5.82 Å². The molecular formula is C19H28N4O. The molecule has 0 spiro atoms. The summed E-state index contributed by atoms with van der Waals surface area (Å²) in [6.07, 6.45) is 2.39. The van der Waals surface area contributed by atoms with Crippen LogP contribution in [-0.4, -0.2) is 65.3 Å². The normalized spacial score (nSPS) is 22.8. The van der Waals surface area contributed by atoms with Gasteiger partial charge in [0.25, 0.3) is 0 Å². The second-order valence-electron chi connectivity index (χ2n) is 7.04. The van der Waals surface area contributed by atoms with Gasteiger partial charge in [-0.1, -0.05) is 19.1 Å². The van der Waals surface area contributed by atoms with Crippen molar-refractivity contribution in [2.75, 3.05) is 45.9 Å². The molecule has 3 heterocycles. The Morgan fingerprint density at radius 3 is 2.79 bits per heavy atom. The van der Waals surface area contributed by atoms with Crippen molar-refractivity contribution >= 4 is 11.0 Å². The Balaban J connectivity index is 1.56. The molecule has 1 aromatic heterocycles. The van der Waals surface area contributed by atoms with Crippen molar-refractivity contribution in [3.8, 4) is 0 Å². The molecule has 1 atom stereocenters. The largest absolute Gasteiger partial charge is 0.379 e. The Morgan fingerprint density at radius 1 is 1.12 bits per heavy atom. The van der Waals surface area contributed by atoms with Gasteiger partial charge in [0.2, 0.25) is 0 Å². The van der Waals surface area contributed by atoms with E-state index in [4.69, 9.17) is 9.72 Å². The molecular weight excluding hydrogens is 300 g/mol. The fraction of sp³-hybridized carbons (Fsp3) is 0.632. The Labute approximate surface area is 144 Å². The minimum atomic E-state index is 0.528. The lowest BCUT2D eigenvalue weighted by atomic mass is 10.0. The Hall–Kier alpha value is -1.43. The minimum absolute atomic E-state index is 0.528. The number of rotatable bonds is 5. The van der Waals surface area contributed by atoms with E-state index in [1.807, 2.05) is 0 Å². The van der Waals surface area contributed by atoms with E-state index in [-0.39, 0.29) is 0 Å². The lowest BCUT2D eigenvalue weighted by Crippen LogP contribution is -2.41. The van der Waals surface area contributed by atoms with Crippen LogP contribution in [0.25, 0.3) is 11.0 Å². The number of morpholine rings is 1. The van der Waals surface area contributed by atoms with Crippen LogP contribution in [0.2, 0.25) is 0 Å². The van der Waals surface area contributed by atoms with Gasteiger partial charge in [-0.05, 0) is 38.1 Å². The maximum absolute atomic E-state index is 5.47. The summed E-state index contributed by atoms with van der Waals surface area (Å²) in [5.41, 5.74) is 2.42. The number of nitrogens with zero attached hydrogens (tertiary/aromatic N) is 4. The van der Waals surface area contributed by atoms with Crippen LogP contribution in [0, 0.1) is 0 Å². The molecule has 2 aliphatic rings. The van der Waals surface area contributed by atoms with Gasteiger partial charge in [-0.3, -0.25) is 9.80 Å². The highest BCUT2D eigenvalue weighted by Gasteiger charge is 2.28. The number of para-hydroxylation sites is 2. The maximum atomic E-state index is 5.47. The standard InChI is InChI=1S/C19H28N4O/c1-2-8-22-14-16(7-9-21-10-12-24-13-11-21)19-20-17-5-3-4-6-18(17)23(19)15-22/h3-6,16H,2,7-15H2,1H3. The predicted octanol–water partition coefficient (Wildman–Crippen LogP) is 2.53. The first-order valence-corrected chi connectivity index (χ1v) is 9.33. The van der Waals surface area contributed by atoms with Crippen molar-refractivity contribution in [3.05, 3.63) is 30.1 Å². The number of benzene rings is 1. The third-order valence-corrected chi connectivity index (χ3v) is 5.31. The molecule has 1 aromatic carbocycles.